The number of rotatable bonds is 3. The van der Waals surface area contributed by atoms with Crippen LogP contribution in [0.2, 0.25) is 0 Å². The van der Waals surface area contributed by atoms with E-state index in [-0.39, 0.29) is 17.8 Å². The van der Waals surface area contributed by atoms with Crippen molar-refractivity contribution in [1.29, 1.82) is 0 Å². The van der Waals surface area contributed by atoms with E-state index < -0.39 is 0 Å². The molecule has 0 aromatic heterocycles. The van der Waals surface area contributed by atoms with Crippen molar-refractivity contribution >= 4 is 0 Å². The van der Waals surface area contributed by atoms with Gasteiger partial charge in [0.05, 0.1) is 17.8 Å². The van der Waals surface area contributed by atoms with Gasteiger partial charge in [-0.05, 0) is 70.1 Å². The zero-order chi connectivity index (χ0) is 11.4. The fraction of sp³-hybridized carbons (Fsp3) is 1.00. The summed E-state index contributed by atoms with van der Waals surface area (Å²) in [6.07, 6.45) is 8.10. The zero-order valence-corrected chi connectivity index (χ0v) is 10.5. The molecule has 4 fully saturated rings. The van der Waals surface area contributed by atoms with Crippen molar-refractivity contribution in [2.45, 2.75) is 63.6 Å². The van der Waals surface area contributed by atoms with Gasteiger partial charge in [-0.15, -0.1) is 0 Å². The van der Waals surface area contributed by atoms with Crippen LogP contribution >= 0.6 is 0 Å². The first kappa shape index (κ1) is 11.0. The average molecular weight is 224 g/mol. The van der Waals surface area contributed by atoms with Crippen molar-refractivity contribution in [1.82, 2.24) is 0 Å². The second-order valence-corrected chi connectivity index (χ2v) is 7.12. The Balaban J connectivity index is 1.78. The van der Waals surface area contributed by atoms with Crippen LogP contribution in [0.25, 0.3) is 0 Å². The van der Waals surface area contributed by atoms with Crippen LogP contribution in [0.5, 0.6) is 0 Å². The molecule has 0 spiro atoms. The summed E-state index contributed by atoms with van der Waals surface area (Å²) in [5.41, 5.74) is -0.230. The van der Waals surface area contributed by atoms with E-state index in [1.165, 1.54) is 38.5 Å². The van der Waals surface area contributed by atoms with Crippen LogP contribution in [-0.4, -0.2) is 22.9 Å². The predicted molar refractivity (Wildman–Crippen MR) is 63.2 cm³/mol. The van der Waals surface area contributed by atoms with Crippen LogP contribution in [0.4, 0.5) is 0 Å². The molecular formula is C14H24O2. The fourth-order valence-electron chi connectivity index (χ4n) is 4.77. The van der Waals surface area contributed by atoms with Gasteiger partial charge in [0, 0.05) is 0 Å². The lowest BCUT2D eigenvalue weighted by molar-refractivity contribution is -0.223. The third-order valence-corrected chi connectivity index (χ3v) is 4.86. The van der Waals surface area contributed by atoms with Crippen LogP contribution in [0.1, 0.15) is 52.4 Å². The van der Waals surface area contributed by atoms with Gasteiger partial charge < -0.3 is 9.84 Å². The first-order chi connectivity index (χ1) is 7.50. The highest BCUT2D eigenvalue weighted by Crippen LogP contribution is 2.57. The van der Waals surface area contributed by atoms with Crippen molar-refractivity contribution in [2.75, 3.05) is 6.61 Å². The lowest BCUT2D eigenvalue weighted by Gasteiger charge is -2.58. The van der Waals surface area contributed by atoms with Crippen molar-refractivity contribution in [2.24, 2.45) is 17.8 Å². The summed E-state index contributed by atoms with van der Waals surface area (Å²) in [5.74, 6) is 2.75. The molecule has 92 valence electrons. The second-order valence-electron chi connectivity index (χ2n) is 7.12. The van der Waals surface area contributed by atoms with Gasteiger partial charge >= 0.3 is 0 Å². The molecule has 0 radical (unpaired) electrons. The van der Waals surface area contributed by atoms with Gasteiger partial charge in [0.1, 0.15) is 0 Å². The number of ether oxygens (including phenoxy) is 1. The molecule has 0 aromatic rings. The number of hydrogen-bond acceptors (Lipinski definition) is 2. The molecule has 4 bridgehead atoms. The minimum absolute atomic E-state index is 0.126. The molecule has 1 N–H and O–H groups in total. The molecule has 4 saturated carbocycles. The molecule has 4 rings (SSSR count). The highest BCUT2D eigenvalue weighted by molar-refractivity contribution is 5.04. The van der Waals surface area contributed by atoms with Crippen LogP contribution in [0.15, 0.2) is 0 Å². The monoisotopic (exact) mass is 224 g/mol. The van der Waals surface area contributed by atoms with Gasteiger partial charge in [-0.2, -0.15) is 0 Å². The quantitative estimate of drug-likeness (QED) is 0.798. The third kappa shape index (κ3) is 1.80. The van der Waals surface area contributed by atoms with E-state index in [1.54, 1.807) is 0 Å². The fourth-order valence-corrected chi connectivity index (χ4v) is 4.77. The Labute approximate surface area is 98.4 Å². The van der Waals surface area contributed by atoms with E-state index in [0.29, 0.717) is 0 Å². The maximum Gasteiger partial charge on any atom is 0.0863 e. The Bertz CT molecular complexity index is 247. The van der Waals surface area contributed by atoms with E-state index in [2.05, 4.69) is 0 Å². The number of hydrogen-bond donors (Lipinski definition) is 1. The van der Waals surface area contributed by atoms with Gasteiger partial charge in [-0.3, -0.25) is 0 Å². The summed E-state index contributed by atoms with van der Waals surface area (Å²) >= 11 is 0. The summed E-state index contributed by atoms with van der Waals surface area (Å²) in [4.78, 5) is 0. The SMILES string of the molecule is CC(C)(CO)OC12CC3CC(CC(C3)C1)C2. The van der Waals surface area contributed by atoms with Crippen LogP contribution in [0.3, 0.4) is 0 Å². The highest BCUT2D eigenvalue weighted by Gasteiger charge is 2.53. The van der Waals surface area contributed by atoms with E-state index in [4.69, 9.17) is 4.74 Å². The van der Waals surface area contributed by atoms with Gasteiger partial charge in [0.2, 0.25) is 0 Å². The summed E-state index contributed by atoms with van der Waals surface area (Å²) in [6, 6.07) is 0. The van der Waals surface area contributed by atoms with Crippen molar-refractivity contribution in [3.8, 4) is 0 Å². The average Bonchev–Trinajstić information content (AvgIpc) is 2.13. The third-order valence-electron chi connectivity index (χ3n) is 4.86. The van der Waals surface area contributed by atoms with Gasteiger partial charge in [0.15, 0.2) is 0 Å². The van der Waals surface area contributed by atoms with Gasteiger partial charge in [-0.1, -0.05) is 0 Å². The molecule has 0 atom stereocenters. The van der Waals surface area contributed by atoms with Crippen molar-refractivity contribution in [3.05, 3.63) is 0 Å². The van der Waals surface area contributed by atoms with E-state index in [0.717, 1.165) is 17.8 Å². The Kier molecular flexibility index (Phi) is 2.38. The minimum Gasteiger partial charge on any atom is -0.393 e. The molecule has 16 heavy (non-hydrogen) atoms. The highest BCUT2D eigenvalue weighted by atomic mass is 16.5. The second kappa shape index (κ2) is 3.46. The minimum atomic E-state index is -0.355. The topological polar surface area (TPSA) is 29.5 Å². The standard InChI is InChI=1S/C14H24O2/c1-13(2,9-15)16-14-6-10-3-11(7-14)5-12(4-10)8-14/h10-12,15H,3-9H2,1-2H3. The molecule has 0 amide bonds. The van der Waals surface area contributed by atoms with E-state index >= 15 is 0 Å². The molecule has 0 unspecified atom stereocenters. The Morgan fingerprint density at radius 2 is 1.50 bits per heavy atom. The summed E-state index contributed by atoms with van der Waals surface area (Å²) in [6.45, 7) is 4.17. The first-order valence-corrected chi connectivity index (χ1v) is 6.81. The normalized spacial score (nSPS) is 46.3. The molecule has 0 aliphatic heterocycles. The molecule has 4 aliphatic rings. The van der Waals surface area contributed by atoms with Gasteiger partial charge in [-0.25, -0.2) is 0 Å². The van der Waals surface area contributed by atoms with Crippen LogP contribution in [0, 0.1) is 17.8 Å². The van der Waals surface area contributed by atoms with E-state index in [1.807, 2.05) is 13.8 Å². The molecular weight excluding hydrogens is 200 g/mol. The van der Waals surface area contributed by atoms with Crippen molar-refractivity contribution in [3.63, 3.8) is 0 Å². The van der Waals surface area contributed by atoms with Gasteiger partial charge in [0.25, 0.3) is 0 Å². The molecule has 0 aromatic carbocycles. The number of aliphatic hydroxyl groups is 1. The molecule has 0 heterocycles. The summed E-state index contributed by atoms with van der Waals surface area (Å²) < 4.78 is 6.34. The lowest BCUT2D eigenvalue weighted by atomic mass is 9.54. The zero-order valence-electron chi connectivity index (χ0n) is 10.5. The largest absolute Gasteiger partial charge is 0.393 e. The Hall–Kier alpha value is -0.0800. The Morgan fingerprint density at radius 1 is 1.06 bits per heavy atom. The van der Waals surface area contributed by atoms with Crippen LogP contribution < -0.4 is 0 Å². The Morgan fingerprint density at radius 3 is 1.88 bits per heavy atom. The van der Waals surface area contributed by atoms with Crippen molar-refractivity contribution < 1.29 is 9.84 Å². The predicted octanol–water partition coefficient (Wildman–Crippen LogP) is 2.74. The number of aliphatic hydroxyl groups excluding tert-OH is 1. The first-order valence-electron chi connectivity index (χ1n) is 6.81. The van der Waals surface area contributed by atoms with Crippen LogP contribution in [-0.2, 0) is 4.74 Å². The molecule has 0 saturated heterocycles. The maximum atomic E-state index is 9.37. The maximum absolute atomic E-state index is 9.37. The summed E-state index contributed by atoms with van der Waals surface area (Å²) in [5, 5.41) is 9.37. The van der Waals surface area contributed by atoms with E-state index in [9.17, 15) is 5.11 Å². The molecule has 2 heteroatoms. The smallest absolute Gasteiger partial charge is 0.0863 e. The molecule has 2 nitrogen and oxygen atoms in total. The summed E-state index contributed by atoms with van der Waals surface area (Å²) in [7, 11) is 0. The lowest BCUT2D eigenvalue weighted by Crippen LogP contribution is -2.55. The molecule has 4 aliphatic carbocycles.